The molecule has 0 aromatic heterocycles. The van der Waals surface area contributed by atoms with Crippen molar-refractivity contribution in [3.8, 4) is 11.5 Å². The Morgan fingerprint density at radius 2 is 1.47 bits per heavy atom. The standard InChI is InChI=1S/C22H24F3NO5S/c1-15(2)26-13-11-21(12-14-26,20(27)28)32(29,30)19-9-7-18(8-10-19)31-17-5-3-16(4-6-17)22(23,24)25/h3-10,15H,11-14H2,1-2H3,(H,27,28). The number of hydrogen-bond acceptors (Lipinski definition) is 5. The fraction of sp³-hybridized carbons (Fsp3) is 0.409. The second kappa shape index (κ2) is 8.74. The van der Waals surface area contributed by atoms with Crippen LogP contribution in [0.25, 0.3) is 0 Å². The zero-order valence-corrected chi connectivity index (χ0v) is 18.4. The van der Waals surface area contributed by atoms with E-state index in [-0.39, 0.29) is 35.3 Å². The molecule has 174 valence electrons. The Hall–Kier alpha value is -2.59. The van der Waals surface area contributed by atoms with Crippen molar-refractivity contribution >= 4 is 15.8 Å². The van der Waals surface area contributed by atoms with Crippen LogP contribution in [0.15, 0.2) is 53.4 Å². The van der Waals surface area contributed by atoms with Crippen molar-refractivity contribution in [2.75, 3.05) is 13.1 Å². The molecule has 0 aliphatic carbocycles. The van der Waals surface area contributed by atoms with Crippen molar-refractivity contribution in [3.63, 3.8) is 0 Å². The van der Waals surface area contributed by atoms with Gasteiger partial charge in [0.25, 0.3) is 0 Å². The highest BCUT2D eigenvalue weighted by molar-refractivity contribution is 7.93. The first kappa shape index (κ1) is 24.1. The van der Waals surface area contributed by atoms with E-state index in [9.17, 15) is 31.5 Å². The largest absolute Gasteiger partial charge is 0.480 e. The molecule has 6 nitrogen and oxygen atoms in total. The zero-order chi connectivity index (χ0) is 23.7. The number of benzene rings is 2. The summed E-state index contributed by atoms with van der Waals surface area (Å²) in [5, 5.41) is 9.84. The Bertz CT molecular complexity index is 1060. The monoisotopic (exact) mass is 471 g/mol. The molecule has 2 aromatic carbocycles. The highest BCUT2D eigenvalue weighted by Gasteiger charge is 2.53. The SMILES string of the molecule is CC(C)N1CCC(C(=O)O)(S(=O)(=O)c2ccc(Oc3ccc(C(F)(F)F)cc3)cc2)CC1. The highest BCUT2D eigenvalue weighted by atomic mass is 32.2. The minimum absolute atomic E-state index is 0.0212. The maximum atomic E-state index is 13.3. The van der Waals surface area contributed by atoms with Crippen LogP contribution < -0.4 is 4.74 Å². The lowest BCUT2D eigenvalue weighted by molar-refractivity contribution is -0.141. The summed E-state index contributed by atoms with van der Waals surface area (Å²) >= 11 is 0. The molecule has 10 heteroatoms. The molecule has 2 aromatic rings. The molecule has 0 atom stereocenters. The summed E-state index contributed by atoms with van der Waals surface area (Å²) in [6.07, 6.45) is -4.50. The maximum Gasteiger partial charge on any atom is 0.416 e. The number of likely N-dealkylation sites (tertiary alicyclic amines) is 1. The number of alkyl halides is 3. The van der Waals surface area contributed by atoms with Gasteiger partial charge in [-0.1, -0.05) is 0 Å². The number of ether oxygens (including phenoxy) is 1. The van der Waals surface area contributed by atoms with Crippen molar-refractivity contribution in [1.82, 2.24) is 4.90 Å². The van der Waals surface area contributed by atoms with Crippen molar-refractivity contribution < 1.29 is 36.2 Å². The van der Waals surface area contributed by atoms with Gasteiger partial charge in [0.05, 0.1) is 10.5 Å². The molecular formula is C22H24F3NO5S. The number of carboxylic acids is 1. The average molecular weight is 471 g/mol. The minimum Gasteiger partial charge on any atom is -0.480 e. The van der Waals surface area contributed by atoms with E-state index in [1.165, 1.54) is 24.3 Å². The maximum absolute atomic E-state index is 13.3. The van der Waals surface area contributed by atoms with Crippen LogP contribution in [0, 0.1) is 0 Å². The molecule has 0 unspecified atom stereocenters. The van der Waals surface area contributed by atoms with E-state index >= 15 is 0 Å². The predicted octanol–water partition coefficient (Wildman–Crippen LogP) is 4.60. The van der Waals surface area contributed by atoms with Gasteiger partial charge in [-0.15, -0.1) is 0 Å². The summed E-state index contributed by atoms with van der Waals surface area (Å²) in [6, 6.07) is 9.49. The van der Waals surface area contributed by atoms with Crippen LogP contribution in [0.3, 0.4) is 0 Å². The van der Waals surface area contributed by atoms with Gasteiger partial charge in [0.2, 0.25) is 0 Å². The topological polar surface area (TPSA) is 83.9 Å². The smallest absolute Gasteiger partial charge is 0.416 e. The molecule has 0 saturated carbocycles. The Morgan fingerprint density at radius 1 is 1.00 bits per heavy atom. The van der Waals surface area contributed by atoms with Crippen molar-refractivity contribution in [2.45, 2.75) is 48.5 Å². The lowest BCUT2D eigenvalue weighted by atomic mass is 9.95. The lowest BCUT2D eigenvalue weighted by Crippen LogP contribution is -2.55. The van der Waals surface area contributed by atoms with Crippen LogP contribution in [0.5, 0.6) is 11.5 Å². The van der Waals surface area contributed by atoms with E-state index < -0.39 is 32.3 Å². The summed E-state index contributed by atoms with van der Waals surface area (Å²) in [7, 11) is -4.19. The number of aliphatic carboxylic acids is 1. The van der Waals surface area contributed by atoms with Gasteiger partial charge in [0, 0.05) is 19.1 Å². The molecular weight excluding hydrogens is 447 g/mol. The van der Waals surface area contributed by atoms with Gasteiger partial charge in [-0.2, -0.15) is 13.2 Å². The van der Waals surface area contributed by atoms with Crippen LogP contribution in [-0.4, -0.2) is 48.3 Å². The number of rotatable bonds is 6. The van der Waals surface area contributed by atoms with E-state index in [1.807, 2.05) is 18.7 Å². The third-order valence-corrected chi connectivity index (χ3v) is 8.30. The average Bonchev–Trinajstić information content (AvgIpc) is 2.73. The first-order valence-corrected chi connectivity index (χ1v) is 11.5. The molecule has 3 rings (SSSR count). The second-order valence-corrected chi connectivity index (χ2v) is 10.3. The Kier molecular flexibility index (Phi) is 6.57. The summed E-state index contributed by atoms with van der Waals surface area (Å²) < 4.78 is 68.1. The van der Waals surface area contributed by atoms with E-state index in [1.54, 1.807) is 0 Å². The number of carbonyl (C=O) groups is 1. The van der Waals surface area contributed by atoms with Crippen molar-refractivity contribution in [3.05, 3.63) is 54.1 Å². The first-order chi connectivity index (χ1) is 14.9. The zero-order valence-electron chi connectivity index (χ0n) is 17.6. The summed E-state index contributed by atoms with van der Waals surface area (Å²) in [4.78, 5) is 14.0. The normalized spacial score (nSPS) is 17.3. The lowest BCUT2D eigenvalue weighted by Gasteiger charge is -2.39. The Balaban J connectivity index is 1.80. The minimum atomic E-state index is -4.46. The van der Waals surface area contributed by atoms with Gasteiger partial charge in [-0.3, -0.25) is 4.79 Å². The number of sulfone groups is 1. The van der Waals surface area contributed by atoms with Gasteiger partial charge in [-0.25, -0.2) is 8.42 Å². The number of nitrogens with zero attached hydrogens (tertiary/aromatic N) is 1. The van der Waals surface area contributed by atoms with Crippen molar-refractivity contribution in [2.24, 2.45) is 0 Å². The summed E-state index contributed by atoms with van der Waals surface area (Å²) in [5.74, 6) is -1.01. The molecule has 0 bridgehead atoms. The fourth-order valence-electron chi connectivity index (χ4n) is 3.76. The van der Waals surface area contributed by atoms with Crippen molar-refractivity contribution in [1.29, 1.82) is 0 Å². The highest BCUT2D eigenvalue weighted by Crippen LogP contribution is 2.37. The first-order valence-electron chi connectivity index (χ1n) is 10.0. The summed E-state index contributed by atoms with van der Waals surface area (Å²) in [5.41, 5.74) is -0.811. The van der Waals surface area contributed by atoms with E-state index in [4.69, 9.17) is 4.74 Å². The Labute approximate surface area is 184 Å². The van der Waals surface area contributed by atoms with Crippen LogP contribution in [0.1, 0.15) is 32.3 Å². The number of hydrogen-bond donors (Lipinski definition) is 1. The third-order valence-electron chi connectivity index (χ3n) is 5.79. The summed E-state index contributed by atoms with van der Waals surface area (Å²) in [6.45, 7) is 4.66. The van der Waals surface area contributed by atoms with E-state index in [2.05, 4.69) is 0 Å². The van der Waals surface area contributed by atoms with Crippen LogP contribution in [0.4, 0.5) is 13.2 Å². The van der Waals surface area contributed by atoms with Gasteiger partial charge in [-0.05, 0) is 75.2 Å². The van der Waals surface area contributed by atoms with E-state index in [0.717, 1.165) is 24.3 Å². The number of piperidine rings is 1. The molecule has 1 aliphatic heterocycles. The van der Waals surface area contributed by atoms with Gasteiger partial charge in [0.1, 0.15) is 11.5 Å². The molecule has 1 N–H and O–H groups in total. The second-order valence-electron chi connectivity index (χ2n) is 8.03. The van der Waals surface area contributed by atoms with Crippen LogP contribution in [0.2, 0.25) is 0 Å². The molecule has 1 aliphatic rings. The molecule has 32 heavy (non-hydrogen) atoms. The van der Waals surface area contributed by atoms with Crippen LogP contribution in [-0.2, 0) is 20.8 Å². The predicted molar refractivity (Wildman–Crippen MR) is 111 cm³/mol. The quantitative estimate of drug-likeness (QED) is 0.663. The Morgan fingerprint density at radius 3 is 1.88 bits per heavy atom. The van der Waals surface area contributed by atoms with Gasteiger partial charge >= 0.3 is 12.1 Å². The van der Waals surface area contributed by atoms with Gasteiger partial charge < -0.3 is 14.7 Å². The van der Waals surface area contributed by atoms with Crippen LogP contribution >= 0.6 is 0 Å². The molecule has 1 heterocycles. The van der Waals surface area contributed by atoms with Gasteiger partial charge in [0.15, 0.2) is 14.6 Å². The molecule has 0 spiro atoms. The molecule has 0 amide bonds. The molecule has 1 saturated heterocycles. The fourth-order valence-corrected chi connectivity index (χ4v) is 5.66. The number of halogens is 3. The van der Waals surface area contributed by atoms with E-state index in [0.29, 0.717) is 13.1 Å². The third kappa shape index (κ3) is 4.61. The molecule has 1 fully saturated rings. The molecule has 0 radical (unpaired) electrons. The number of carboxylic acid groups (broad SMARTS) is 1.